The third kappa shape index (κ3) is 8.93. The van der Waals surface area contributed by atoms with Gasteiger partial charge in [0.25, 0.3) is 19.4 Å². The molecule has 0 saturated heterocycles. The SMILES string of the molecule is O=COCOB(OCOC=O)OCOC=O. The van der Waals surface area contributed by atoms with Crippen molar-refractivity contribution in [1.29, 1.82) is 0 Å². The minimum atomic E-state index is -1.31. The largest absolute Gasteiger partial charge is 0.646 e. The molecule has 0 aliphatic heterocycles. The lowest BCUT2D eigenvalue weighted by molar-refractivity contribution is -0.144. The maximum absolute atomic E-state index is 9.78. The fraction of sp³-hybridized carbons (Fsp3) is 0.500. The van der Waals surface area contributed by atoms with Gasteiger partial charge in [-0.3, -0.25) is 14.4 Å². The van der Waals surface area contributed by atoms with E-state index < -0.39 is 27.7 Å². The normalized spacial score (nSPS) is 9.00. The lowest BCUT2D eigenvalue weighted by Crippen LogP contribution is -2.30. The van der Waals surface area contributed by atoms with Gasteiger partial charge >= 0.3 is 7.32 Å². The number of ether oxygens (including phenoxy) is 3. The zero-order valence-electron chi connectivity index (χ0n) is 8.10. The summed E-state index contributed by atoms with van der Waals surface area (Å²) in [4.78, 5) is 29.3. The molecule has 0 amide bonds. The molecule has 90 valence electrons. The van der Waals surface area contributed by atoms with Crippen molar-refractivity contribution in [2.75, 3.05) is 20.4 Å². The molecule has 0 radical (unpaired) electrons. The Bertz CT molecular complexity index is 165. The van der Waals surface area contributed by atoms with Crippen LogP contribution in [-0.2, 0) is 42.6 Å². The van der Waals surface area contributed by atoms with Crippen molar-refractivity contribution in [3.63, 3.8) is 0 Å². The maximum atomic E-state index is 9.78. The lowest BCUT2D eigenvalue weighted by Gasteiger charge is -2.12. The van der Waals surface area contributed by atoms with E-state index in [0.717, 1.165) is 0 Å². The molecule has 0 aliphatic carbocycles. The molecule has 0 fully saturated rings. The Morgan fingerprint density at radius 2 is 1.00 bits per heavy atom. The Balaban J connectivity index is 3.69. The number of carbonyl (C=O) groups excluding carboxylic acids is 3. The zero-order chi connectivity index (χ0) is 12.1. The molecule has 0 aliphatic rings. The fourth-order valence-corrected chi connectivity index (χ4v) is 0.512. The average Bonchev–Trinajstić information content (AvgIpc) is 2.29. The predicted octanol–water partition coefficient (Wildman–Crippen LogP) is -1.59. The standard InChI is InChI=1S/C6H9BO9/c8-1-11-4-14-7(15-5-12-2-9)16-6-13-3-10/h1-3H,4-6H2. The van der Waals surface area contributed by atoms with Crippen LogP contribution in [0, 0.1) is 0 Å². The molecule has 16 heavy (non-hydrogen) atoms. The Hall–Kier alpha value is -1.65. The van der Waals surface area contributed by atoms with Gasteiger partial charge in [0.15, 0.2) is 20.4 Å². The highest BCUT2D eigenvalue weighted by atomic mass is 16.8. The van der Waals surface area contributed by atoms with Crippen LogP contribution in [0.25, 0.3) is 0 Å². The molecular formula is C6H9BO9. The number of carbonyl (C=O) groups is 3. The van der Waals surface area contributed by atoms with Crippen molar-refractivity contribution in [2.45, 2.75) is 0 Å². The Kier molecular flexibility index (Phi) is 10.3. The summed E-state index contributed by atoms with van der Waals surface area (Å²) in [5, 5.41) is 0. The molecule has 0 saturated carbocycles. The fourth-order valence-electron chi connectivity index (χ4n) is 0.512. The Morgan fingerprint density at radius 3 is 1.25 bits per heavy atom. The minimum absolute atomic E-state index is 0.154. The highest BCUT2D eigenvalue weighted by Gasteiger charge is 2.22. The smallest absolute Gasteiger partial charge is 0.442 e. The van der Waals surface area contributed by atoms with E-state index in [-0.39, 0.29) is 19.4 Å². The first kappa shape index (κ1) is 14.4. The molecule has 0 aromatic heterocycles. The van der Waals surface area contributed by atoms with Crippen LogP contribution in [0.2, 0.25) is 0 Å². The van der Waals surface area contributed by atoms with Gasteiger partial charge in [-0.2, -0.15) is 0 Å². The number of hydrogen-bond donors (Lipinski definition) is 0. The summed E-state index contributed by atoms with van der Waals surface area (Å²) >= 11 is 0. The van der Waals surface area contributed by atoms with E-state index in [1.807, 2.05) is 0 Å². The van der Waals surface area contributed by atoms with Crippen molar-refractivity contribution in [1.82, 2.24) is 0 Å². The second-order valence-electron chi connectivity index (χ2n) is 1.93. The minimum Gasteiger partial charge on any atom is -0.442 e. The highest BCUT2D eigenvalue weighted by molar-refractivity contribution is 6.36. The predicted molar refractivity (Wildman–Crippen MR) is 45.1 cm³/mol. The van der Waals surface area contributed by atoms with Crippen LogP contribution in [0.3, 0.4) is 0 Å². The van der Waals surface area contributed by atoms with E-state index in [0.29, 0.717) is 0 Å². The molecule has 9 nitrogen and oxygen atoms in total. The molecule has 0 aromatic carbocycles. The van der Waals surface area contributed by atoms with Crippen LogP contribution >= 0.6 is 0 Å². The third-order valence-electron chi connectivity index (χ3n) is 1.02. The average molecular weight is 236 g/mol. The summed E-state index contributed by atoms with van der Waals surface area (Å²) < 4.78 is 26.6. The zero-order valence-corrected chi connectivity index (χ0v) is 8.10. The number of hydrogen-bond acceptors (Lipinski definition) is 9. The molecular weight excluding hydrogens is 227 g/mol. The third-order valence-corrected chi connectivity index (χ3v) is 1.02. The van der Waals surface area contributed by atoms with Crippen molar-refractivity contribution in [2.24, 2.45) is 0 Å². The van der Waals surface area contributed by atoms with E-state index in [1.54, 1.807) is 0 Å². The van der Waals surface area contributed by atoms with E-state index in [4.69, 9.17) is 0 Å². The van der Waals surface area contributed by atoms with Crippen LogP contribution in [0.15, 0.2) is 0 Å². The first-order chi connectivity index (χ1) is 7.85. The molecule has 0 spiro atoms. The summed E-state index contributed by atoms with van der Waals surface area (Å²) in [6, 6.07) is 0. The van der Waals surface area contributed by atoms with Crippen LogP contribution in [-0.4, -0.2) is 47.1 Å². The molecule has 0 atom stereocenters. The van der Waals surface area contributed by atoms with Gasteiger partial charge in [-0.15, -0.1) is 0 Å². The Morgan fingerprint density at radius 1 is 0.688 bits per heavy atom. The molecule has 0 bridgehead atoms. The molecule has 0 N–H and O–H groups in total. The first-order valence-electron chi connectivity index (χ1n) is 3.85. The van der Waals surface area contributed by atoms with Gasteiger partial charge in [-0.25, -0.2) is 0 Å². The summed E-state index contributed by atoms with van der Waals surface area (Å²) in [6.07, 6.45) is 0. The van der Waals surface area contributed by atoms with E-state index in [2.05, 4.69) is 28.2 Å². The summed E-state index contributed by atoms with van der Waals surface area (Å²) in [5.74, 6) is 0. The van der Waals surface area contributed by atoms with Gasteiger partial charge in [0.1, 0.15) is 0 Å². The molecule has 0 heterocycles. The van der Waals surface area contributed by atoms with Crippen LogP contribution < -0.4 is 0 Å². The maximum Gasteiger partial charge on any atom is 0.646 e. The second kappa shape index (κ2) is 11.4. The summed E-state index contributed by atoms with van der Waals surface area (Å²) in [6.45, 7) is -0.842. The van der Waals surface area contributed by atoms with Crippen molar-refractivity contribution < 1.29 is 42.6 Å². The van der Waals surface area contributed by atoms with Crippen LogP contribution in [0.5, 0.6) is 0 Å². The van der Waals surface area contributed by atoms with Gasteiger partial charge in [0, 0.05) is 0 Å². The van der Waals surface area contributed by atoms with Gasteiger partial charge in [-0.05, 0) is 0 Å². The Labute approximate surface area is 90.7 Å². The van der Waals surface area contributed by atoms with Gasteiger partial charge < -0.3 is 28.2 Å². The number of rotatable bonds is 12. The molecule has 0 aromatic rings. The molecule has 0 unspecified atom stereocenters. The van der Waals surface area contributed by atoms with Crippen molar-refractivity contribution in [3.8, 4) is 0 Å². The summed E-state index contributed by atoms with van der Waals surface area (Å²) in [5.41, 5.74) is 0. The second-order valence-corrected chi connectivity index (χ2v) is 1.93. The first-order valence-corrected chi connectivity index (χ1v) is 3.85. The van der Waals surface area contributed by atoms with Gasteiger partial charge in [0.05, 0.1) is 0 Å². The van der Waals surface area contributed by atoms with Crippen LogP contribution in [0.4, 0.5) is 0 Å². The molecule has 0 rings (SSSR count). The summed E-state index contributed by atoms with van der Waals surface area (Å²) in [7, 11) is -1.31. The van der Waals surface area contributed by atoms with E-state index in [1.165, 1.54) is 0 Å². The van der Waals surface area contributed by atoms with Crippen molar-refractivity contribution >= 4 is 26.7 Å². The topological polar surface area (TPSA) is 107 Å². The van der Waals surface area contributed by atoms with Crippen LogP contribution in [0.1, 0.15) is 0 Å². The van der Waals surface area contributed by atoms with E-state index in [9.17, 15) is 14.4 Å². The van der Waals surface area contributed by atoms with Crippen molar-refractivity contribution in [3.05, 3.63) is 0 Å². The quantitative estimate of drug-likeness (QED) is 0.130. The monoisotopic (exact) mass is 236 g/mol. The van der Waals surface area contributed by atoms with Gasteiger partial charge in [0.2, 0.25) is 0 Å². The van der Waals surface area contributed by atoms with Gasteiger partial charge in [-0.1, -0.05) is 0 Å². The lowest BCUT2D eigenvalue weighted by atomic mass is 10.2. The van der Waals surface area contributed by atoms with E-state index >= 15 is 0 Å². The molecule has 10 heteroatoms. The highest BCUT2D eigenvalue weighted by Crippen LogP contribution is 1.93.